The highest BCUT2D eigenvalue weighted by Gasteiger charge is 2.57. The average Bonchev–Trinajstić information content (AvgIpc) is 3.36. The molecule has 0 bridgehead atoms. The first-order valence-electron chi connectivity index (χ1n) is 13.3. The van der Waals surface area contributed by atoms with Gasteiger partial charge in [0, 0.05) is 32.9 Å². The Morgan fingerprint density at radius 2 is 1.61 bits per heavy atom. The molecule has 0 radical (unpaired) electrons. The number of pyridine rings is 1. The number of aromatic nitrogens is 3. The molecule has 0 atom stereocenters. The van der Waals surface area contributed by atoms with Crippen LogP contribution < -0.4 is 0 Å². The minimum absolute atomic E-state index is 0.0939. The van der Waals surface area contributed by atoms with Gasteiger partial charge in [-0.15, -0.1) is 0 Å². The minimum atomic E-state index is -0.816. The van der Waals surface area contributed by atoms with E-state index in [4.69, 9.17) is 4.98 Å². The molecule has 2 fully saturated rings. The highest BCUT2D eigenvalue weighted by Crippen LogP contribution is 2.38. The van der Waals surface area contributed by atoms with Gasteiger partial charge in [0.25, 0.3) is 5.91 Å². The Balaban J connectivity index is 1.22. The van der Waals surface area contributed by atoms with E-state index >= 15 is 0 Å². The summed E-state index contributed by atoms with van der Waals surface area (Å²) < 4.78 is 2.14. The van der Waals surface area contributed by atoms with Gasteiger partial charge >= 0.3 is 6.03 Å². The summed E-state index contributed by atoms with van der Waals surface area (Å²) in [4.78, 5) is 42.5. The third-order valence-corrected chi connectivity index (χ3v) is 8.06. The zero-order valence-corrected chi connectivity index (χ0v) is 21.7. The summed E-state index contributed by atoms with van der Waals surface area (Å²) in [6.45, 7) is 2.87. The van der Waals surface area contributed by atoms with E-state index in [1.165, 1.54) is 4.90 Å². The molecule has 6 rings (SSSR count). The molecule has 0 unspecified atom stereocenters. The van der Waals surface area contributed by atoms with Crippen molar-refractivity contribution in [1.82, 2.24) is 29.2 Å². The predicted octanol–water partition coefficient (Wildman–Crippen LogP) is 4.01. The summed E-state index contributed by atoms with van der Waals surface area (Å²) in [5, 5.41) is 0. The van der Waals surface area contributed by atoms with Crippen molar-refractivity contribution in [2.75, 3.05) is 19.6 Å². The molecule has 1 spiro atoms. The molecule has 2 saturated heterocycles. The van der Waals surface area contributed by atoms with Crippen LogP contribution in [0.15, 0.2) is 79.0 Å². The molecule has 8 nitrogen and oxygen atoms in total. The lowest BCUT2D eigenvalue weighted by Gasteiger charge is -2.42. The number of carbonyl (C=O) groups excluding carboxylic acids is 2. The molecular formula is C30H32N6O2. The fourth-order valence-electron chi connectivity index (χ4n) is 5.87. The van der Waals surface area contributed by atoms with Crippen molar-refractivity contribution in [2.24, 2.45) is 7.05 Å². The number of rotatable bonds is 7. The molecule has 2 aromatic carbocycles. The van der Waals surface area contributed by atoms with Crippen LogP contribution in [0, 0.1) is 0 Å². The van der Waals surface area contributed by atoms with Crippen LogP contribution in [-0.2, 0) is 31.4 Å². The quantitative estimate of drug-likeness (QED) is 0.353. The van der Waals surface area contributed by atoms with Crippen molar-refractivity contribution in [3.05, 3.63) is 96.1 Å². The highest BCUT2D eigenvalue weighted by atomic mass is 16.2. The minimum Gasteiger partial charge on any atom is -0.330 e. The van der Waals surface area contributed by atoms with Crippen molar-refractivity contribution in [3.8, 4) is 0 Å². The maximum Gasteiger partial charge on any atom is 0.328 e. The van der Waals surface area contributed by atoms with Crippen LogP contribution in [0.5, 0.6) is 0 Å². The number of imidazole rings is 1. The Morgan fingerprint density at radius 1 is 0.868 bits per heavy atom. The molecule has 2 aromatic heterocycles. The normalized spacial score (nSPS) is 17.7. The second kappa shape index (κ2) is 10.0. The number of carbonyl (C=O) groups is 2. The van der Waals surface area contributed by atoms with E-state index in [9.17, 15) is 9.59 Å². The van der Waals surface area contributed by atoms with E-state index in [2.05, 4.69) is 39.7 Å². The fraction of sp³-hybridized carbons (Fsp3) is 0.333. The van der Waals surface area contributed by atoms with Gasteiger partial charge in [-0.1, -0.05) is 48.5 Å². The van der Waals surface area contributed by atoms with Gasteiger partial charge in [-0.2, -0.15) is 0 Å². The lowest BCUT2D eigenvalue weighted by molar-refractivity contribution is -0.136. The van der Waals surface area contributed by atoms with Gasteiger partial charge in [0.15, 0.2) is 0 Å². The second-order valence-electron chi connectivity index (χ2n) is 10.3. The fourth-order valence-corrected chi connectivity index (χ4v) is 5.87. The zero-order valence-electron chi connectivity index (χ0n) is 21.7. The number of imide groups is 1. The maximum absolute atomic E-state index is 14.0. The summed E-state index contributed by atoms with van der Waals surface area (Å²) >= 11 is 0. The van der Waals surface area contributed by atoms with Crippen LogP contribution in [0.25, 0.3) is 11.0 Å². The average molecular weight is 509 g/mol. The molecule has 8 heteroatoms. The molecule has 38 heavy (non-hydrogen) atoms. The van der Waals surface area contributed by atoms with E-state index < -0.39 is 5.54 Å². The number of piperidine rings is 1. The van der Waals surface area contributed by atoms with Gasteiger partial charge < -0.3 is 9.47 Å². The van der Waals surface area contributed by atoms with Crippen molar-refractivity contribution >= 4 is 23.0 Å². The summed E-state index contributed by atoms with van der Waals surface area (Å²) in [6.07, 6.45) is 3.62. The molecule has 0 N–H and O–H groups in total. The second-order valence-corrected chi connectivity index (χ2v) is 10.3. The predicted molar refractivity (Wildman–Crippen MR) is 145 cm³/mol. The number of amides is 3. The van der Waals surface area contributed by atoms with Crippen molar-refractivity contribution in [2.45, 2.75) is 37.9 Å². The maximum atomic E-state index is 14.0. The Morgan fingerprint density at radius 3 is 2.34 bits per heavy atom. The highest BCUT2D eigenvalue weighted by molar-refractivity contribution is 6.07. The van der Waals surface area contributed by atoms with Gasteiger partial charge in [0.05, 0.1) is 29.8 Å². The molecule has 2 aliphatic heterocycles. The van der Waals surface area contributed by atoms with Gasteiger partial charge in [0.1, 0.15) is 11.4 Å². The first-order chi connectivity index (χ1) is 18.5. The number of likely N-dealkylation sites (tertiary alicyclic amines) is 1. The van der Waals surface area contributed by atoms with Crippen molar-refractivity contribution < 1.29 is 9.59 Å². The van der Waals surface area contributed by atoms with E-state index in [1.807, 2.05) is 59.5 Å². The molecule has 3 amide bonds. The van der Waals surface area contributed by atoms with Gasteiger partial charge in [-0.05, 0) is 49.1 Å². The smallest absolute Gasteiger partial charge is 0.328 e. The lowest BCUT2D eigenvalue weighted by atomic mass is 9.85. The third kappa shape index (κ3) is 4.35. The Hall–Kier alpha value is -4.04. The number of para-hydroxylation sites is 2. The third-order valence-electron chi connectivity index (χ3n) is 8.06. The van der Waals surface area contributed by atoms with E-state index in [0.717, 1.165) is 35.5 Å². The Bertz CT molecular complexity index is 1440. The topological polar surface area (TPSA) is 74.6 Å². The SMILES string of the molecule is Cn1c(CN2CCC3(CC2)C(=O)N(Cc2ccccn2)C(=O)N3CCc2ccccc2)nc2ccccc21. The van der Waals surface area contributed by atoms with E-state index in [-0.39, 0.29) is 18.5 Å². The summed E-state index contributed by atoms with van der Waals surface area (Å²) in [7, 11) is 2.05. The lowest BCUT2D eigenvalue weighted by Crippen LogP contribution is -2.56. The molecule has 4 aromatic rings. The number of aryl methyl sites for hydroxylation is 1. The Kier molecular flexibility index (Phi) is 6.41. The first-order valence-corrected chi connectivity index (χ1v) is 13.3. The first kappa shape index (κ1) is 24.3. The number of benzene rings is 2. The van der Waals surface area contributed by atoms with Crippen molar-refractivity contribution in [1.29, 1.82) is 0 Å². The summed E-state index contributed by atoms with van der Waals surface area (Å²) in [6, 6.07) is 23.7. The molecule has 194 valence electrons. The van der Waals surface area contributed by atoms with Crippen LogP contribution in [0.3, 0.4) is 0 Å². The molecule has 0 saturated carbocycles. The monoisotopic (exact) mass is 508 g/mol. The summed E-state index contributed by atoms with van der Waals surface area (Å²) in [5.74, 6) is 0.914. The molecular weight excluding hydrogens is 476 g/mol. The Labute approximate surface area is 222 Å². The van der Waals surface area contributed by atoms with Crippen LogP contribution in [-0.4, -0.2) is 66.3 Å². The molecule has 2 aliphatic rings. The van der Waals surface area contributed by atoms with Gasteiger partial charge in [0.2, 0.25) is 0 Å². The number of hydrogen-bond acceptors (Lipinski definition) is 5. The number of nitrogens with zero attached hydrogens (tertiary/aromatic N) is 6. The zero-order chi connectivity index (χ0) is 26.1. The summed E-state index contributed by atoms with van der Waals surface area (Å²) in [5.41, 5.74) is 3.17. The largest absolute Gasteiger partial charge is 0.330 e. The van der Waals surface area contributed by atoms with Crippen LogP contribution in [0.1, 0.15) is 29.9 Å². The van der Waals surface area contributed by atoms with E-state index in [0.29, 0.717) is 38.0 Å². The molecule has 4 heterocycles. The standard InChI is InChI=1S/C30H32N6O2/c1-33-26-13-6-5-12-25(26)32-27(33)22-34-19-15-30(16-20-34)28(37)35(21-24-11-7-8-17-31-24)29(38)36(30)18-14-23-9-3-2-4-10-23/h2-13,17H,14-16,18-22H2,1H3. The van der Waals surface area contributed by atoms with Crippen LogP contribution in [0.2, 0.25) is 0 Å². The number of urea groups is 1. The van der Waals surface area contributed by atoms with Crippen LogP contribution >= 0.6 is 0 Å². The van der Waals surface area contributed by atoms with E-state index in [1.54, 1.807) is 6.20 Å². The van der Waals surface area contributed by atoms with Crippen LogP contribution in [0.4, 0.5) is 4.79 Å². The number of hydrogen-bond donors (Lipinski definition) is 0. The number of fused-ring (bicyclic) bond motifs is 1. The van der Waals surface area contributed by atoms with Gasteiger partial charge in [-0.25, -0.2) is 9.78 Å². The van der Waals surface area contributed by atoms with Crippen molar-refractivity contribution in [3.63, 3.8) is 0 Å². The molecule has 0 aliphatic carbocycles. The van der Waals surface area contributed by atoms with Gasteiger partial charge in [-0.3, -0.25) is 19.6 Å².